The minimum absolute atomic E-state index is 0.106. The number of amides is 2. The predicted octanol–water partition coefficient (Wildman–Crippen LogP) is 5.32. The van der Waals surface area contributed by atoms with Gasteiger partial charge in [0.05, 0.1) is 0 Å². The normalized spacial score (nSPS) is 11.5. The Kier molecular flexibility index (Phi) is 8.25. The Hall–Kier alpha value is -4.96. The first kappa shape index (κ1) is 29.0. The molecule has 16 heteroatoms. The number of halogens is 4. The fraction of sp³-hybridized carbons (Fsp3) is 0.0800. The Labute approximate surface area is 231 Å². The fourth-order valence-electron chi connectivity index (χ4n) is 3.46. The molecule has 0 bridgehead atoms. The number of anilines is 6. The topological polar surface area (TPSA) is 152 Å². The van der Waals surface area contributed by atoms with Gasteiger partial charge in [0.1, 0.15) is 22.3 Å². The number of aromatic nitrogens is 2. The number of carbonyl (C=O) groups is 1. The number of ether oxygens (including phenoxy) is 1. The molecule has 0 radical (unpaired) electrons. The highest BCUT2D eigenvalue weighted by molar-refractivity contribution is 7.89. The Morgan fingerprint density at radius 1 is 0.927 bits per heavy atom. The monoisotopic (exact) mass is 591 g/mol. The number of primary sulfonamides is 1. The van der Waals surface area contributed by atoms with E-state index >= 15 is 0 Å². The molecule has 0 saturated heterocycles. The molecule has 0 saturated carbocycles. The number of nitrogens with two attached hydrogens (primary N) is 1. The van der Waals surface area contributed by atoms with E-state index in [0.717, 1.165) is 24.3 Å². The molecule has 2 amide bonds. The predicted molar refractivity (Wildman–Crippen MR) is 143 cm³/mol. The Morgan fingerprint density at radius 2 is 1.51 bits per heavy atom. The van der Waals surface area contributed by atoms with Crippen molar-refractivity contribution in [2.75, 3.05) is 27.9 Å². The molecule has 4 rings (SSSR count). The van der Waals surface area contributed by atoms with Gasteiger partial charge in [-0.3, -0.25) is 0 Å². The zero-order chi connectivity index (χ0) is 29.8. The van der Waals surface area contributed by atoms with Gasteiger partial charge in [-0.1, -0.05) is 0 Å². The minimum atomic E-state index is -4.81. The lowest BCUT2D eigenvalue weighted by atomic mass is 10.2. The van der Waals surface area contributed by atoms with E-state index in [1.807, 2.05) is 0 Å². The first-order valence-corrected chi connectivity index (χ1v) is 13.0. The average molecular weight is 592 g/mol. The van der Waals surface area contributed by atoms with Gasteiger partial charge in [0.25, 0.3) is 0 Å². The van der Waals surface area contributed by atoms with Crippen molar-refractivity contribution in [3.63, 3.8) is 0 Å². The second-order valence-corrected chi connectivity index (χ2v) is 9.84. The molecule has 5 N–H and O–H groups in total. The Balaban J connectivity index is 1.38. The summed E-state index contributed by atoms with van der Waals surface area (Å²) in [7, 11) is -2.55. The quantitative estimate of drug-likeness (QED) is 0.201. The van der Waals surface area contributed by atoms with Crippen LogP contribution >= 0.6 is 0 Å². The van der Waals surface area contributed by atoms with E-state index < -0.39 is 38.9 Å². The van der Waals surface area contributed by atoms with Gasteiger partial charge >= 0.3 is 12.4 Å². The molecule has 214 valence electrons. The van der Waals surface area contributed by atoms with Crippen molar-refractivity contribution >= 4 is 50.6 Å². The van der Waals surface area contributed by atoms with Crippen molar-refractivity contribution in [3.8, 4) is 5.75 Å². The lowest BCUT2D eigenvalue weighted by molar-refractivity contribution is -0.274. The number of rotatable bonds is 8. The second kappa shape index (κ2) is 11.6. The van der Waals surface area contributed by atoms with Gasteiger partial charge in [-0.25, -0.2) is 27.7 Å². The lowest BCUT2D eigenvalue weighted by Gasteiger charge is -2.19. The van der Waals surface area contributed by atoms with Crippen LogP contribution in [0.1, 0.15) is 0 Å². The minimum Gasteiger partial charge on any atom is -0.406 e. The first-order chi connectivity index (χ1) is 19.3. The Bertz CT molecular complexity index is 1650. The highest BCUT2D eigenvalue weighted by atomic mass is 32.2. The number of hydrogen-bond acceptors (Lipinski definition) is 8. The molecule has 0 aliphatic carbocycles. The summed E-state index contributed by atoms with van der Waals surface area (Å²) < 4.78 is 77.6. The van der Waals surface area contributed by atoms with Crippen LogP contribution in [0.3, 0.4) is 0 Å². The molecule has 0 atom stereocenters. The third kappa shape index (κ3) is 8.02. The van der Waals surface area contributed by atoms with Crippen LogP contribution in [0.4, 0.5) is 56.9 Å². The molecule has 4 aromatic rings. The maximum Gasteiger partial charge on any atom is 0.573 e. The molecule has 0 aliphatic rings. The number of nitrogens with zero attached hydrogens (tertiary/aromatic N) is 3. The van der Waals surface area contributed by atoms with E-state index in [2.05, 4.69) is 30.7 Å². The number of carbonyl (C=O) groups excluding carboxylic acids is 1. The lowest BCUT2D eigenvalue weighted by Crippen LogP contribution is -2.20. The number of nitrogens with one attached hydrogen (secondary N) is 3. The Morgan fingerprint density at radius 3 is 2.10 bits per heavy atom. The molecular formula is C25H21F4N7O4S. The van der Waals surface area contributed by atoms with E-state index in [9.17, 15) is 30.8 Å². The second-order valence-electron chi connectivity index (χ2n) is 8.31. The van der Waals surface area contributed by atoms with Crippen LogP contribution in [0.15, 0.2) is 83.9 Å². The van der Waals surface area contributed by atoms with Gasteiger partial charge in [-0.05, 0) is 72.8 Å². The van der Waals surface area contributed by atoms with Gasteiger partial charge in [-0.15, -0.1) is 13.2 Å². The molecule has 0 aliphatic heterocycles. The van der Waals surface area contributed by atoms with Crippen LogP contribution in [-0.4, -0.2) is 37.8 Å². The van der Waals surface area contributed by atoms with Crippen LogP contribution in [-0.2, 0) is 10.0 Å². The van der Waals surface area contributed by atoms with E-state index in [1.54, 1.807) is 42.3 Å². The molecule has 11 nitrogen and oxygen atoms in total. The third-order valence-corrected chi connectivity index (χ3v) is 6.26. The number of urea groups is 1. The summed E-state index contributed by atoms with van der Waals surface area (Å²) in [6.45, 7) is 0. The molecule has 3 aromatic carbocycles. The summed E-state index contributed by atoms with van der Waals surface area (Å²) in [6.07, 6.45) is -3.35. The number of sulfonamides is 1. The van der Waals surface area contributed by atoms with Gasteiger partial charge < -0.3 is 25.6 Å². The van der Waals surface area contributed by atoms with Gasteiger partial charge in [0.2, 0.25) is 16.0 Å². The van der Waals surface area contributed by atoms with Crippen LogP contribution in [0.25, 0.3) is 0 Å². The van der Waals surface area contributed by atoms with E-state index in [0.29, 0.717) is 17.2 Å². The maximum atomic E-state index is 13.8. The fourth-order valence-corrected chi connectivity index (χ4v) is 4.09. The van der Waals surface area contributed by atoms with Gasteiger partial charge in [0.15, 0.2) is 0 Å². The van der Waals surface area contributed by atoms with Crippen molar-refractivity contribution in [2.45, 2.75) is 11.3 Å². The highest BCUT2D eigenvalue weighted by Crippen LogP contribution is 2.27. The maximum absolute atomic E-state index is 13.8. The summed E-state index contributed by atoms with van der Waals surface area (Å²) in [6, 6.07) is 15.6. The number of alkyl halides is 3. The van der Waals surface area contributed by atoms with Crippen molar-refractivity contribution in [1.82, 2.24) is 9.97 Å². The summed E-state index contributed by atoms with van der Waals surface area (Å²) in [5.41, 5.74) is 1.57. The SMILES string of the molecule is CN(c1ccc(NC(=O)Nc2ccc(OC(F)(F)F)cc2)cc1)c1ccnc(Nc2ccc(F)c(S(N)(=O)=O)c2)n1. The van der Waals surface area contributed by atoms with Crippen LogP contribution in [0.5, 0.6) is 5.75 Å². The van der Waals surface area contributed by atoms with Crippen molar-refractivity contribution < 1.29 is 35.5 Å². The largest absolute Gasteiger partial charge is 0.573 e. The van der Waals surface area contributed by atoms with Crippen molar-refractivity contribution in [1.29, 1.82) is 0 Å². The zero-order valence-corrected chi connectivity index (χ0v) is 21.8. The molecule has 1 heterocycles. The molecular weight excluding hydrogens is 570 g/mol. The van der Waals surface area contributed by atoms with Crippen molar-refractivity contribution in [3.05, 3.63) is 84.8 Å². The van der Waals surface area contributed by atoms with E-state index in [4.69, 9.17) is 5.14 Å². The van der Waals surface area contributed by atoms with Crippen LogP contribution in [0, 0.1) is 5.82 Å². The van der Waals surface area contributed by atoms with Crippen LogP contribution < -0.4 is 30.7 Å². The summed E-state index contributed by atoms with van der Waals surface area (Å²) in [5.74, 6) is -0.847. The standard InChI is InChI=1S/C25H21F4N7O4S/c1-36(22-12-13-31-23(35-22)32-17-6-11-20(26)21(14-17)41(30,38)39)18-7-2-15(3-8-18)33-24(37)34-16-4-9-19(10-5-16)40-25(27,28)29/h2-14H,1H3,(H2,30,38,39)(H,31,32,35)(H2,33,34,37). The molecule has 0 spiro atoms. The smallest absolute Gasteiger partial charge is 0.406 e. The van der Waals surface area contributed by atoms with Crippen molar-refractivity contribution in [2.24, 2.45) is 5.14 Å². The summed E-state index contributed by atoms with van der Waals surface area (Å²) in [4.78, 5) is 21.8. The van der Waals surface area contributed by atoms with E-state index in [-0.39, 0.29) is 17.3 Å². The van der Waals surface area contributed by atoms with E-state index in [1.165, 1.54) is 24.4 Å². The first-order valence-electron chi connectivity index (χ1n) is 11.5. The average Bonchev–Trinajstić information content (AvgIpc) is 2.89. The molecule has 0 fully saturated rings. The molecule has 41 heavy (non-hydrogen) atoms. The summed E-state index contributed by atoms with van der Waals surface area (Å²) in [5, 5.41) is 13.0. The number of hydrogen-bond donors (Lipinski definition) is 4. The van der Waals surface area contributed by atoms with Crippen LogP contribution in [0.2, 0.25) is 0 Å². The van der Waals surface area contributed by atoms with Gasteiger partial charge in [-0.2, -0.15) is 4.98 Å². The third-order valence-electron chi connectivity index (χ3n) is 5.34. The zero-order valence-electron chi connectivity index (χ0n) is 21.0. The molecule has 0 unspecified atom stereocenters. The van der Waals surface area contributed by atoms with Gasteiger partial charge in [0, 0.05) is 36.0 Å². The number of benzene rings is 3. The summed E-state index contributed by atoms with van der Waals surface area (Å²) >= 11 is 0. The highest BCUT2D eigenvalue weighted by Gasteiger charge is 2.31. The molecule has 1 aromatic heterocycles.